The molecule has 0 amide bonds. The van der Waals surface area contributed by atoms with E-state index in [4.69, 9.17) is 14.6 Å². The molecule has 1 heterocycles. The number of aliphatic carboxylic acids is 1. The number of aromatic nitrogens is 2. The van der Waals surface area contributed by atoms with E-state index in [1.807, 2.05) is 0 Å². The van der Waals surface area contributed by atoms with Crippen molar-refractivity contribution in [3.05, 3.63) is 47.6 Å². The van der Waals surface area contributed by atoms with E-state index in [0.717, 1.165) is 38.1 Å². The van der Waals surface area contributed by atoms with Gasteiger partial charge in [0, 0.05) is 29.8 Å². The lowest BCUT2D eigenvalue weighted by Crippen LogP contribution is -2.30. The van der Waals surface area contributed by atoms with E-state index in [9.17, 15) is 4.79 Å². The standard InChI is InChI=1S/C22H27N3O3/c26-20(27)16-8-6-15(7-9-16)19-24-21(25-28-19)22(10-11-22)13-23-18-12-17(18)14-4-2-1-3-5-14/h1-5,15-18,23H,6-13H2,(H,26,27)/t15?,16?,17-,18?/m0/s1. The molecule has 0 radical (unpaired) electrons. The molecule has 1 aromatic heterocycles. The summed E-state index contributed by atoms with van der Waals surface area (Å²) in [6, 6.07) is 11.3. The van der Waals surface area contributed by atoms with Crippen molar-refractivity contribution in [3.63, 3.8) is 0 Å². The molecule has 3 aliphatic carbocycles. The largest absolute Gasteiger partial charge is 0.481 e. The Morgan fingerprint density at radius 2 is 1.93 bits per heavy atom. The highest BCUT2D eigenvalue weighted by atomic mass is 16.5. The van der Waals surface area contributed by atoms with Gasteiger partial charge in [-0.05, 0) is 50.5 Å². The Morgan fingerprint density at radius 1 is 1.18 bits per heavy atom. The van der Waals surface area contributed by atoms with Crippen LogP contribution in [0.4, 0.5) is 0 Å². The van der Waals surface area contributed by atoms with Crippen LogP contribution >= 0.6 is 0 Å². The zero-order valence-corrected chi connectivity index (χ0v) is 16.0. The van der Waals surface area contributed by atoms with Gasteiger partial charge in [0.05, 0.1) is 5.92 Å². The van der Waals surface area contributed by atoms with E-state index in [0.29, 0.717) is 30.7 Å². The molecule has 6 nitrogen and oxygen atoms in total. The van der Waals surface area contributed by atoms with Crippen molar-refractivity contribution in [2.45, 2.75) is 68.2 Å². The van der Waals surface area contributed by atoms with Gasteiger partial charge in [0.1, 0.15) is 0 Å². The van der Waals surface area contributed by atoms with Crippen molar-refractivity contribution >= 4 is 5.97 Å². The van der Waals surface area contributed by atoms with Crippen molar-refractivity contribution in [1.82, 2.24) is 15.5 Å². The molecular weight excluding hydrogens is 354 g/mol. The highest BCUT2D eigenvalue weighted by molar-refractivity contribution is 5.70. The summed E-state index contributed by atoms with van der Waals surface area (Å²) in [6.45, 7) is 0.908. The lowest BCUT2D eigenvalue weighted by molar-refractivity contribution is -0.142. The summed E-state index contributed by atoms with van der Waals surface area (Å²) >= 11 is 0. The summed E-state index contributed by atoms with van der Waals surface area (Å²) in [5.74, 6) is 1.50. The van der Waals surface area contributed by atoms with Crippen LogP contribution in [0.5, 0.6) is 0 Å². The molecule has 0 bridgehead atoms. The molecule has 3 fully saturated rings. The average Bonchev–Trinajstić information content (AvgIpc) is 3.64. The summed E-state index contributed by atoms with van der Waals surface area (Å²) in [6.07, 6.45) is 6.46. The smallest absolute Gasteiger partial charge is 0.306 e. The quantitative estimate of drug-likeness (QED) is 0.762. The van der Waals surface area contributed by atoms with Crippen molar-refractivity contribution in [1.29, 1.82) is 0 Å². The first-order valence-corrected chi connectivity index (χ1v) is 10.5. The summed E-state index contributed by atoms with van der Waals surface area (Å²) < 4.78 is 5.60. The van der Waals surface area contributed by atoms with E-state index >= 15 is 0 Å². The Labute approximate surface area is 164 Å². The van der Waals surface area contributed by atoms with Gasteiger partial charge in [0.15, 0.2) is 5.82 Å². The summed E-state index contributed by atoms with van der Waals surface area (Å²) in [5, 5.41) is 17.2. The van der Waals surface area contributed by atoms with Crippen LogP contribution in [0.3, 0.4) is 0 Å². The highest BCUT2D eigenvalue weighted by Gasteiger charge is 2.50. The Balaban J connectivity index is 1.17. The van der Waals surface area contributed by atoms with Crippen LogP contribution in [-0.2, 0) is 10.2 Å². The molecule has 2 N–H and O–H groups in total. The zero-order valence-electron chi connectivity index (χ0n) is 16.0. The number of benzene rings is 1. The third-order valence-electron chi connectivity index (χ3n) is 6.92. The highest BCUT2D eigenvalue weighted by Crippen LogP contribution is 2.48. The maximum Gasteiger partial charge on any atom is 0.306 e. The molecule has 6 heteroatoms. The maximum absolute atomic E-state index is 11.1. The minimum atomic E-state index is -0.679. The second-order valence-electron chi connectivity index (χ2n) is 8.86. The third-order valence-corrected chi connectivity index (χ3v) is 6.92. The second kappa shape index (κ2) is 6.99. The third kappa shape index (κ3) is 3.46. The fraction of sp³-hybridized carbons (Fsp3) is 0.591. The number of hydrogen-bond donors (Lipinski definition) is 2. The van der Waals surface area contributed by atoms with Gasteiger partial charge in [-0.2, -0.15) is 4.98 Å². The first kappa shape index (κ1) is 17.9. The maximum atomic E-state index is 11.1. The van der Waals surface area contributed by atoms with E-state index in [1.165, 1.54) is 12.0 Å². The Bertz CT molecular complexity index is 838. The van der Waals surface area contributed by atoms with Crippen LogP contribution in [0.1, 0.15) is 74.1 Å². The van der Waals surface area contributed by atoms with Crippen LogP contribution in [-0.4, -0.2) is 33.8 Å². The number of hydrogen-bond acceptors (Lipinski definition) is 5. The molecule has 148 valence electrons. The van der Waals surface area contributed by atoms with Gasteiger partial charge in [-0.25, -0.2) is 0 Å². The molecule has 28 heavy (non-hydrogen) atoms. The van der Waals surface area contributed by atoms with Crippen LogP contribution in [0, 0.1) is 5.92 Å². The van der Waals surface area contributed by atoms with Crippen LogP contribution < -0.4 is 5.32 Å². The zero-order chi connectivity index (χ0) is 19.1. The number of nitrogens with zero attached hydrogens (tertiary/aromatic N) is 2. The number of carboxylic acid groups (broad SMARTS) is 1. The second-order valence-corrected chi connectivity index (χ2v) is 8.86. The predicted molar refractivity (Wildman–Crippen MR) is 103 cm³/mol. The van der Waals surface area contributed by atoms with Crippen molar-refractivity contribution in [2.75, 3.05) is 6.54 Å². The molecule has 3 aliphatic rings. The lowest BCUT2D eigenvalue weighted by Gasteiger charge is -2.23. The molecule has 5 rings (SSSR count). The summed E-state index contributed by atoms with van der Waals surface area (Å²) in [7, 11) is 0. The van der Waals surface area contributed by atoms with Gasteiger partial charge in [-0.1, -0.05) is 35.5 Å². The Kier molecular flexibility index (Phi) is 4.46. The molecular formula is C22H27N3O3. The normalized spacial score (nSPS) is 30.7. The SMILES string of the molecule is O=C(O)C1CCC(c2nc(C3(CNC4C[C@H]4c4ccccc4)CC3)no2)CC1. The van der Waals surface area contributed by atoms with Crippen molar-refractivity contribution in [3.8, 4) is 0 Å². The molecule has 0 saturated heterocycles. The van der Waals surface area contributed by atoms with Crippen molar-refractivity contribution < 1.29 is 14.4 Å². The van der Waals surface area contributed by atoms with Crippen LogP contribution in [0.25, 0.3) is 0 Å². The van der Waals surface area contributed by atoms with Gasteiger partial charge in [-0.3, -0.25) is 4.79 Å². The van der Waals surface area contributed by atoms with E-state index < -0.39 is 5.97 Å². The molecule has 1 aromatic carbocycles. The number of carboxylic acids is 1. The van der Waals surface area contributed by atoms with Crippen LogP contribution in [0.2, 0.25) is 0 Å². The van der Waals surface area contributed by atoms with Crippen LogP contribution in [0.15, 0.2) is 34.9 Å². The number of carbonyl (C=O) groups is 1. The van der Waals surface area contributed by atoms with E-state index in [2.05, 4.69) is 40.8 Å². The number of nitrogens with one attached hydrogen (secondary N) is 1. The first-order chi connectivity index (χ1) is 13.6. The van der Waals surface area contributed by atoms with Gasteiger partial charge in [-0.15, -0.1) is 0 Å². The van der Waals surface area contributed by atoms with Crippen molar-refractivity contribution in [2.24, 2.45) is 5.92 Å². The minimum absolute atomic E-state index is 0.0316. The van der Waals surface area contributed by atoms with Gasteiger partial charge in [0.25, 0.3) is 0 Å². The monoisotopic (exact) mass is 381 g/mol. The Morgan fingerprint density at radius 3 is 2.61 bits per heavy atom. The van der Waals surface area contributed by atoms with E-state index in [-0.39, 0.29) is 17.3 Å². The molecule has 2 atom stereocenters. The number of rotatable bonds is 7. The molecule has 0 spiro atoms. The van der Waals surface area contributed by atoms with Gasteiger partial charge < -0.3 is 14.9 Å². The Hall–Kier alpha value is -2.21. The average molecular weight is 381 g/mol. The van der Waals surface area contributed by atoms with E-state index in [1.54, 1.807) is 0 Å². The molecule has 0 aliphatic heterocycles. The fourth-order valence-corrected chi connectivity index (χ4v) is 4.65. The minimum Gasteiger partial charge on any atom is -0.481 e. The van der Waals surface area contributed by atoms with Gasteiger partial charge in [0.2, 0.25) is 5.89 Å². The molecule has 2 aromatic rings. The topological polar surface area (TPSA) is 88.2 Å². The van der Waals surface area contributed by atoms with Gasteiger partial charge >= 0.3 is 5.97 Å². The fourth-order valence-electron chi connectivity index (χ4n) is 4.65. The summed E-state index contributed by atoms with van der Waals surface area (Å²) in [4.78, 5) is 15.9. The molecule has 1 unspecified atom stereocenters. The first-order valence-electron chi connectivity index (χ1n) is 10.5. The lowest BCUT2D eigenvalue weighted by atomic mass is 9.82. The molecule has 3 saturated carbocycles. The predicted octanol–water partition coefficient (Wildman–Crippen LogP) is 3.61. The summed E-state index contributed by atoms with van der Waals surface area (Å²) in [5.41, 5.74) is 1.45.